The molecule has 1 aliphatic heterocycles. The lowest BCUT2D eigenvalue weighted by molar-refractivity contribution is 0.0751. The molecule has 2 aromatic rings. The van der Waals surface area contributed by atoms with E-state index in [1.807, 2.05) is 24.5 Å². The zero-order valence-electron chi connectivity index (χ0n) is 18.5. The summed E-state index contributed by atoms with van der Waals surface area (Å²) in [5, 5.41) is 0. The zero-order valence-corrected chi connectivity index (χ0v) is 18.5. The quantitative estimate of drug-likeness (QED) is 0.589. The largest absolute Gasteiger partial charge is 0.462 e. The van der Waals surface area contributed by atoms with Crippen molar-refractivity contribution >= 4 is 0 Å². The average Bonchev–Trinajstić information content (AvgIpc) is 3.22. The Labute approximate surface area is 181 Å². The molecule has 0 aromatic carbocycles. The van der Waals surface area contributed by atoms with Crippen LogP contribution in [-0.4, -0.2) is 47.6 Å². The van der Waals surface area contributed by atoms with Gasteiger partial charge in [0.25, 0.3) is 0 Å². The first-order valence-corrected chi connectivity index (χ1v) is 11.7. The second kappa shape index (κ2) is 11.1. The van der Waals surface area contributed by atoms with Gasteiger partial charge in [-0.1, -0.05) is 25.3 Å². The van der Waals surface area contributed by atoms with E-state index >= 15 is 0 Å². The summed E-state index contributed by atoms with van der Waals surface area (Å²) < 4.78 is 11.2. The van der Waals surface area contributed by atoms with Gasteiger partial charge in [0, 0.05) is 45.2 Å². The summed E-state index contributed by atoms with van der Waals surface area (Å²) in [4.78, 5) is 9.67. The highest BCUT2D eigenvalue weighted by molar-refractivity contribution is 5.10. The van der Waals surface area contributed by atoms with Crippen molar-refractivity contribution in [3.8, 4) is 0 Å². The lowest BCUT2D eigenvalue weighted by Crippen LogP contribution is -2.46. The zero-order chi connectivity index (χ0) is 20.6. The van der Waals surface area contributed by atoms with Crippen molar-refractivity contribution < 1.29 is 9.15 Å². The highest BCUT2D eigenvalue weighted by atomic mass is 16.5. The molecule has 1 atom stereocenters. The minimum atomic E-state index is 0.529. The maximum atomic E-state index is 6.01. The molecule has 30 heavy (non-hydrogen) atoms. The minimum absolute atomic E-state index is 0.529. The molecule has 0 amide bonds. The van der Waals surface area contributed by atoms with Crippen LogP contribution in [-0.2, 0) is 24.4 Å². The van der Waals surface area contributed by atoms with Crippen LogP contribution in [0.5, 0.6) is 0 Å². The normalized spacial score (nSPS) is 21.3. The van der Waals surface area contributed by atoms with Crippen molar-refractivity contribution in [2.45, 2.75) is 70.7 Å². The summed E-state index contributed by atoms with van der Waals surface area (Å²) in [7, 11) is 1.71. The minimum Gasteiger partial charge on any atom is -0.462 e. The van der Waals surface area contributed by atoms with Gasteiger partial charge in [0.05, 0.1) is 6.54 Å². The predicted octanol–water partition coefficient (Wildman–Crippen LogP) is 4.87. The molecule has 4 rings (SSSR count). The van der Waals surface area contributed by atoms with Gasteiger partial charge in [-0.15, -0.1) is 0 Å². The lowest BCUT2D eigenvalue weighted by atomic mass is 9.90. The summed E-state index contributed by atoms with van der Waals surface area (Å²) in [6.45, 7) is 5.93. The molecular weight excluding hydrogens is 374 g/mol. The first kappa shape index (κ1) is 21.5. The Morgan fingerprint density at radius 1 is 1.07 bits per heavy atom. The van der Waals surface area contributed by atoms with E-state index in [9.17, 15) is 0 Å². The van der Waals surface area contributed by atoms with Crippen LogP contribution >= 0.6 is 0 Å². The van der Waals surface area contributed by atoms with Gasteiger partial charge in [-0.25, -0.2) is 0 Å². The fraction of sp³-hybridized carbons (Fsp3) is 0.640. The van der Waals surface area contributed by atoms with E-state index in [0.717, 1.165) is 43.1 Å². The summed E-state index contributed by atoms with van der Waals surface area (Å²) in [6.07, 6.45) is 13.6. The van der Waals surface area contributed by atoms with Gasteiger partial charge in [-0.3, -0.25) is 9.88 Å². The number of pyridine rings is 1. The molecule has 164 valence electrons. The number of nitrogens with zero attached hydrogens (tertiary/aromatic N) is 3. The monoisotopic (exact) mass is 411 g/mol. The molecule has 0 N–H and O–H groups in total. The van der Waals surface area contributed by atoms with Crippen LogP contribution in [0.4, 0.5) is 0 Å². The fourth-order valence-electron chi connectivity index (χ4n) is 5.27. The molecule has 0 spiro atoms. The van der Waals surface area contributed by atoms with Gasteiger partial charge in [0.2, 0.25) is 0 Å². The van der Waals surface area contributed by atoms with Crippen LogP contribution in [0, 0.1) is 5.92 Å². The van der Waals surface area contributed by atoms with Crippen LogP contribution in [0.3, 0.4) is 0 Å². The molecule has 5 nitrogen and oxygen atoms in total. The van der Waals surface area contributed by atoms with Crippen molar-refractivity contribution in [1.29, 1.82) is 0 Å². The number of piperidine rings is 1. The number of hydrogen-bond donors (Lipinski definition) is 0. The number of methoxy groups -OCH3 is 1. The van der Waals surface area contributed by atoms with E-state index in [1.165, 1.54) is 63.6 Å². The number of rotatable bonds is 9. The van der Waals surface area contributed by atoms with Crippen LogP contribution < -0.4 is 0 Å². The van der Waals surface area contributed by atoms with Crippen LogP contribution in [0.1, 0.15) is 62.0 Å². The number of ether oxygens (including phenoxy) is 1. The van der Waals surface area contributed by atoms with Crippen LogP contribution in [0.15, 0.2) is 41.1 Å². The van der Waals surface area contributed by atoms with Crippen molar-refractivity contribution in [2.75, 3.05) is 26.7 Å². The topological polar surface area (TPSA) is 41.7 Å². The molecule has 2 aliphatic rings. The molecule has 0 radical (unpaired) electrons. The van der Waals surface area contributed by atoms with E-state index in [2.05, 4.69) is 26.9 Å². The molecule has 1 unspecified atom stereocenters. The second-order valence-electron chi connectivity index (χ2n) is 9.13. The van der Waals surface area contributed by atoms with Crippen LogP contribution in [0.25, 0.3) is 0 Å². The molecule has 1 saturated heterocycles. The Bertz CT molecular complexity index is 742. The Hall–Kier alpha value is -1.69. The molecule has 2 fully saturated rings. The van der Waals surface area contributed by atoms with Crippen molar-refractivity contribution in [1.82, 2.24) is 14.8 Å². The predicted molar refractivity (Wildman–Crippen MR) is 119 cm³/mol. The molecule has 1 saturated carbocycles. The van der Waals surface area contributed by atoms with E-state index in [1.54, 1.807) is 7.11 Å². The van der Waals surface area contributed by atoms with Crippen molar-refractivity contribution in [3.05, 3.63) is 53.7 Å². The Morgan fingerprint density at radius 2 is 1.93 bits per heavy atom. The van der Waals surface area contributed by atoms with E-state index in [4.69, 9.17) is 9.15 Å². The number of likely N-dealkylation sites (tertiary alicyclic amines) is 1. The second-order valence-corrected chi connectivity index (χ2v) is 9.13. The van der Waals surface area contributed by atoms with E-state index in [0.29, 0.717) is 6.61 Å². The highest BCUT2D eigenvalue weighted by Crippen LogP contribution is 2.28. The summed E-state index contributed by atoms with van der Waals surface area (Å²) in [5.74, 6) is 2.65. The molecule has 3 heterocycles. The molecule has 2 aromatic heterocycles. The molecule has 1 aliphatic carbocycles. The Kier molecular flexibility index (Phi) is 7.95. The summed E-state index contributed by atoms with van der Waals surface area (Å²) in [6, 6.07) is 9.16. The van der Waals surface area contributed by atoms with Gasteiger partial charge < -0.3 is 14.1 Å². The van der Waals surface area contributed by atoms with Crippen molar-refractivity contribution in [3.63, 3.8) is 0 Å². The van der Waals surface area contributed by atoms with Gasteiger partial charge >= 0.3 is 0 Å². The summed E-state index contributed by atoms with van der Waals surface area (Å²) in [5.41, 5.74) is 1.26. The Morgan fingerprint density at radius 3 is 2.73 bits per heavy atom. The molecular formula is C25H37N3O2. The van der Waals surface area contributed by atoms with Gasteiger partial charge in [0.1, 0.15) is 18.1 Å². The number of hydrogen-bond acceptors (Lipinski definition) is 5. The maximum absolute atomic E-state index is 6.01. The Balaban J connectivity index is 1.40. The van der Waals surface area contributed by atoms with Gasteiger partial charge in [0.15, 0.2) is 0 Å². The first-order valence-electron chi connectivity index (χ1n) is 11.7. The molecule has 5 heteroatoms. The highest BCUT2D eigenvalue weighted by Gasteiger charge is 2.28. The SMILES string of the molecule is COCc1ccc(CN(Cc2cccnc2)CC2CCCN(C3CCCCC3)C2)o1. The third-order valence-electron chi connectivity index (χ3n) is 6.67. The average molecular weight is 412 g/mol. The van der Waals surface area contributed by atoms with E-state index < -0.39 is 0 Å². The number of aromatic nitrogens is 1. The van der Waals surface area contributed by atoms with Gasteiger partial charge in [-0.05, 0) is 61.9 Å². The van der Waals surface area contributed by atoms with Crippen molar-refractivity contribution in [2.24, 2.45) is 5.92 Å². The van der Waals surface area contributed by atoms with Crippen LogP contribution in [0.2, 0.25) is 0 Å². The van der Waals surface area contributed by atoms with Gasteiger partial charge in [-0.2, -0.15) is 0 Å². The molecule has 0 bridgehead atoms. The fourth-order valence-corrected chi connectivity index (χ4v) is 5.27. The third-order valence-corrected chi connectivity index (χ3v) is 6.67. The van der Waals surface area contributed by atoms with E-state index in [-0.39, 0.29) is 0 Å². The number of furan rings is 1. The standard InChI is InChI=1S/C25H37N3O2/c1-29-20-25-12-11-24(30-25)19-27(16-21-7-5-13-26-15-21)17-22-8-6-14-28(18-22)23-9-3-2-4-10-23/h5,7,11-13,15,22-23H,2-4,6,8-10,14,16-20H2,1H3. The maximum Gasteiger partial charge on any atom is 0.129 e. The lowest BCUT2D eigenvalue weighted by Gasteiger charge is -2.41. The third kappa shape index (κ3) is 6.16. The smallest absolute Gasteiger partial charge is 0.129 e. The first-order chi connectivity index (χ1) is 14.8. The summed E-state index contributed by atoms with van der Waals surface area (Å²) >= 11 is 0.